The summed E-state index contributed by atoms with van der Waals surface area (Å²) in [4.78, 5) is 10.7. The number of imidazole rings is 1. The van der Waals surface area contributed by atoms with Crippen molar-refractivity contribution >= 4 is 22.7 Å². The van der Waals surface area contributed by atoms with E-state index in [1.54, 1.807) is 25.2 Å². The number of aromatic nitrogens is 6. The van der Waals surface area contributed by atoms with Crippen LogP contribution in [0.3, 0.4) is 0 Å². The van der Waals surface area contributed by atoms with Gasteiger partial charge in [-0.25, -0.2) is 4.98 Å². The maximum Gasteiger partial charge on any atom is 0.191 e. The Labute approximate surface area is 196 Å². The molecule has 7 nitrogen and oxygen atoms in total. The summed E-state index contributed by atoms with van der Waals surface area (Å²) in [6, 6.07) is 16.5. The van der Waals surface area contributed by atoms with Gasteiger partial charge in [0.15, 0.2) is 5.16 Å². The largest absolute Gasteiger partial charge is 0.497 e. The Morgan fingerprint density at radius 2 is 2.00 bits per heavy atom. The molecule has 5 rings (SSSR count). The van der Waals surface area contributed by atoms with Gasteiger partial charge in [0.05, 0.1) is 19.1 Å². The molecule has 3 aromatic heterocycles. The number of nitrogens with one attached hydrogen (secondary N) is 2. The highest BCUT2D eigenvalue weighted by Crippen LogP contribution is 2.26. The van der Waals surface area contributed by atoms with Crippen molar-refractivity contribution in [1.82, 2.24) is 29.7 Å². The van der Waals surface area contributed by atoms with E-state index in [1.165, 1.54) is 16.5 Å². The maximum absolute atomic E-state index is 5.36. The third kappa shape index (κ3) is 4.96. The van der Waals surface area contributed by atoms with Crippen molar-refractivity contribution in [2.45, 2.75) is 36.7 Å². The Kier molecular flexibility index (Phi) is 6.44. The highest BCUT2D eigenvalue weighted by molar-refractivity contribution is 7.98. The molecule has 8 heteroatoms. The second kappa shape index (κ2) is 9.95. The van der Waals surface area contributed by atoms with Crippen LogP contribution in [0.2, 0.25) is 0 Å². The fourth-order valence-electron chi connectivity index (χ4n) is 3.99. The number of methoxy groups -OCH3 is 1. The number of aromatic amines is 2. The molecule has 0 spiro atoms. The van der Waals surface area contributed by atoms with Crippen LogP contribution in [0.1, 0.15) is 29.1 Å². The van der Waals surface area contributed by atoms with Crippen LogP contribution in [0.25, 0.3) is 10.9 Å². The predicted octanol–water partition coefficient (Wildman–Crippen LogP) is 5.01. The minimum absolute atomic E-state index is 0.735. The second-order valence-corrected chi connectivity index (χ2v) is 8.83. The number of rotatable bonds is 10. The molecule has 0 aliphatic carbocycles. The molecule has 2 N–H and O–H groups in total. The van der Waals surface area contributed by atoms with Gasteiger partial charge in [0, 0.05) is 42.0 Å². The number of ether oxygens (including phenoxy) is 1. The van der Waals surface area contributed by atoms with E-state index in [2.05, 4.69) is 66.2 Å². The maximum atomic E-state index is 5.36. The van der Waals surface area contributed by atoms with Gasteiger partial charge in [-0.2, -0.15) is 0 Å². The van der Waals surface area contributed by atoms with Crippen LogP contribution >= 0.6 is 11.8 Å². The van der Waals surface area contributed by atoms with E-state index in [-0.39, 0.29) is 0 Å². The minimum atomic E-state index is 0.735. The van der Waals surface area contributed by atoms with E-state index in [4.69, 9.17) is 4.74 Å². The zero-order valence-electron chi connectivity index (χ0n) is 18.5. The summed E-state index contributed by atoms with van der Waals surface area (Å²) in [6.07, 6.45) is 8.38. The normalized spacial score (nSPS) is 11.3. The second-order valence-electron chi connectivity index (χ2n) is 7.89. The standard InChI is InChI=1S/C25H26N6OS/c1-32-21-8-4-6-18(12-21)16-33-25-30-29-24(31(25)11-5-7-20-15-26-17-28-20)13-19-14-27-23-10-3-2-9-22(19)23/h2-4,6,8-10,12,14-15,17,27H,5,7,11,13,16H2,1H3,(H,26,28). The van der Waals surface area contributed by atoms with Crippen molar-refractivity contribution in [2.24, 2.45) is 0 Å². The average molecular weight is 459 g/mol. The minimum Gasteiger partial charge on any atom is -0.497 e. The SMILES string of the molecule is COc1cccc(CSc2nnc(Cc3c[nH]c4ccccc34)n2CCCc2c[nH]cn2)c1. The molecule has 0 amide bonds. The zero-order valence-corrected chi connectivity index (χ0v) is 19.3. The van der Waals surface area contributed by atoms with Gasteiger partial charge >= 0.3 is 0 Å². The molecule has 0 atom stereocenters. The van der Waals surface area contributed by atoms with Crippen LogP contribution in [-0.4, -0.2) is 36.8 Å². The quantitative estimate of drug-likeness (QED) is 0.288. The number of aryl methyl sites for hydroxylation is 1. The molecule has 0 aliphatic heterocycles. The molecule has 33 heavy (non-hydrogen) atoms. The van der Waals surface area contributed by atoms with E-state index in [0.29, 0.717) is 0 Å². The molecule has 0 fully saturated rings. The first-order valence-electron chi connectivity index (χ1n) is 11.0. The smallest absolute Gasteiger partial charge is 0.191 e. The average Bonchev–Trinajstić information content (AvgIpc) is 3.60. The van der Waals surface area contributed by atoms with Crippen molar-refractivity contribution in [3.05, 3.63) is 89.9 Å². The van der Waals surface area contributed by atoms with Gasteiger partial charge in [0.1, 0.15) is 11.6 Å². The first-order chi connectivity index (χ1) is 16.3. The van der Waals surface area contributed by atoms with Crippen LogP contribution in [0, 0.1) is 0 Å². The van der Waals surface area contributed by atoms with Gasteiger partial charge in [-0.1, -0.05) is 42.1 Å². The van der Waals surface area contributed by atoms with Crippen molar-refractivity contribution in [1.29, 1.82) is 0 Å². The number of H-pyrrole nitrogens is 2. The molecular weight excluding hydrogens is 432 g/mol. The lowest BCUT2D eigenvalue weighted by molar-refractivity contribution is 0.414. The molecule has 0 bridgehead atoms. The number of thioether (sulfide) groups is 1. The predicted molar refractivity (Wildman–Crippen MR) is 131 cm³/mol. The van der Waals surface area contributed by atoms with E-state index >= 15 is 0 Å². The van der Waals surface area contributed by atoms with Gasteiger partial charge < -0.3 is 19.3 Å². The Bertz CT molecular complexity index is 1320. The van der Waals surface area contributed by atoms with Gasteiger partial charge in [0.2, 0.25) is 0 Å². The Morgan fingerprint density at radius 1 is 1.06 bits per heavy atom. The number of nitrogens with zero attached hydrogens (tertiary/aromatic N) is 4. The summed E-state index contributed by atoms with van der Waals surface area (Å²) in [5.74, 6) is 2.66. The number of hydrogen-bond donors (Lipinski definition) is 2. The van der Waals surface area contributed by atoms with Gasteiger partial charge in [-0.15, -0.1) is 10.2 Å². The van der Waals surface area contributed by atoms with Crippen LogP contribution in [0.4, 0.5) is 0 Å². The van der Waals surface area contributed by atoms with Crippen molar-refractivity contribution < 1.29 is 4.74 Å². The summed E-state index contributed by atoms with van der Waals surface area (Å²) in [5, 5.41) is 11.3. The zero-order chi connectivity index (χ0) is 22.5. The number of para-hydroxylation sites is 1. The van der Waals surface area contributed by atoms with Crippen molar-refractivity contribution in [2.75, 3.05) is 7.11 Å². The third-order valence-corrected chi connectivity index (χ3v) is 6.73. The fraction of sp³-hybridized carbons (Fsp3) is 0.240. The molecule has 0 aliphatic rings. The van der Waals surface area contributed by atoms with Crippen LogP contribution in [0.15, 0.2) is 72.4 Å². The summed E-state index contributed by atoms with van der Waals surface area (Å²) < 4.78 is 7.63. The Hall–Kier alpha value is -3.52. The Morgan fingerprint density at radius 3 is 2.88 bits per heavy atom. The molecule has 5 aromatic rings. The number of fused-ring (bicyclic) bond motifs is 1. The van der Waals surface area contributed by atoms with Gasteiger partial charge in [-0.3, -0.25) is 0 Å². The van der Waals surface area contributed by atoms with Gasteiger partial charge in [0.25, 0.3) is 0 Å². The monoisotopic (exact) mass is 458 g/mol. The molecule has 0 unspecified atom stereocenters. The lowest BCUT2D eigenvalue weighted by Crippen LogP contribution is -2.07. The summed E-state index contributed by atoms with van der Waals surface area (Å²) >= 11 is 1.71. The van der Waals surface area contributed by atoms with Crippen LogP contribution in [-0.2, 0) is 25.1 Å². The molecule has 0 radical (unpaired) electrons. The molecule has 3 heterocycles. The Balaban J connectivity index is 1.36. The summed E-state index contributed by atoms with van der Waals surface area (Å²) in [7, 11) is 1.69. The van der Waals surface area contributed by atoms with Crippen LogP contribution < -0.4 is 4.74 Å². The molecule has 2 aromatic carbocycles. The van der Waals surface area contributed by atoms with Crippen molar-refractivity contribution in [3.63, 3.8) is 0 Å². The summed E-state index contributed by atoms with van der Waals surface area (Å²) in [5.41, 5.74) is 4.65. The van der Waals surface area contributed by atoms with E-state index in [0.717, 1.165) is 59.5 Å². The topological polar surface area (TPSA) is 84.4 Å². The number of benzene rings is 2. The highest BCUT2D eigenvalue weighted by Gasteiger charge is 2.15. The number of hydrogen-bond acceptors (Lipinski definition) is 5. The third-order valence-electron chi connectivity index (χ3n) is 5.69. The molecular formula is C25H26N6OS. The van der Waals surface area contributed by atoms with Gasteiger partial charge in [-0.05, 0) is 42.2 Å². The fourth-order valence-corrected chi connectivity index (χ4v) is 4.91. The van der Waals surface area contributed by atoms with E-state index < -0.39 is 0 Å². The molecule has 0 saturated heterocycles. The molecule has 168 valence electrons. The lowest BCUT2D eigenvalue weighted by Gasteiger charge is -2.10. The molecule has 0 saturated carbocycles. The lowest BCUT2D eigenvalue weighted by atomic mass is 10.1. The van der Waals surface area contributed by atoms with E-state index in [9.17, 15) is 0 Å². The van der Waals surface area contributed by atoms with Crippen molar-refractivity contribution in [3.8, 4) is 5.75 Å². The highest BCUT2D eigenvalue weighted by atomic mass is 32.2. The summed E-state index contributed by atoms with van der Waals surface area (Å²) in [6.45, 7) is 0.845. The first-order valence-corrected chi connectivity index (χ1v) is 12.0. The first kappa shape index (κ1) is 21.3. The van der Waals surface area contributed by atoms with Crippen LogP contribution in [0.5, 0.6) is 5.75 Å². The van der Waals surface area contributed by atoms with E-state index in [1.807, 2.05) is 24.4 Å².